The number of carbonyl (C=O) groups is 2. The van der Waals surface area contributed by atoms with Gasteiger partial charge in [0.15, 0.2) is 5.60 Å². The lowest BCUT2D eigenvalue weighted by Crippen LogP contribution is -2.45. The number of ether oxygens (including phenoxy) is 1. The molecule has 13 heteroatoms. The van der Waals surface area contributed by atoms with Crippen molar-refractivity contribution in [2.75, 3.05) is 16.5 Å². The summed E-state index contributed by atoms with van der Waals surface area (Å²) < 4.78 is 24.8. The van der Waals surface area contributed by atoms with Crippen LogP contribution in [0.15, 0.2) is 84.1 Å². The van der Waals surface area contributed by atoms with E-state index >= 15 is 4.11 Å². The minimum atomic E-state index is -3.37. The van der Waals surface area contributed by atoms with E-state index in [2.05, 4.69) is 10.3 Å². The molecule has 0 aliphatic carbocycles. The number of rotatable bonds is 10. The Morgan fingerprint density at radius 2 is 1.86 bits per heavy atom. The normalized spacial score (nSPS) is 23.6. The number of nitrogens with zero attached hydrogens (tertiary/aromatic N) is 6. The molecule has 1 spiro atoms. The number of halogens is 2. The molecule has 10 nitrogen and oxygen atoms in total. The zero-order chi connectivity index (χ0) is 35.2. The van der Waals surface area contributed by atoms with Crippen molar-refractivity contribution >= 4 is 48.9 Å². The predicted octanol–water partition coefficient (Wildman–Crippen LogP) is 6.41. The van der Waals surface area contributed by atoms with Crippen LogP contribution in [0.25, 0.3) is 0 Å². The van der Waals surface area contributed by atoms with Crippen LogP contribution >= 0.6 is 11.6 Å². The van der Waals surface area contributed by atoms with Crippen molar-refractivity contribution in [3.05, 3.63) is 106 Å². The van der Waals surface area contributed by atoms with Gasteiger partial charge in [-0.15, -0.1) is 5.10 Å². The number of carbonyl (C=O) groups excluding carboxylic acids is 2. The van der Waals surface area contributed by atoms with Gasteiger partial charge >= 0.3 is 0 Å². The Morgan fingerprint density at radius 3 is 2.62 bits per heavy atom. The minimum Gasteiger partial charge on any atom is -0.396 e. The average Bonchev–Trinajstić information content (AvgIpc) is 3.74. The summed E-state index contributed by atoms with van der Waals surface area (Å²) in [5.74, 6) is -0.836. The fraction of sp³-hybridized carbons (Fsp3) is 0.378. The summed E-state index contributed by atoms with van der Waals surface area (Å²) in [6.45, 7) is 5.86. The van der Waals surface area contributed by atoms with Crippen LogP contribution in [0.3, 0.4) is 0 Å². The zero-order valence-electron chi connectivity index (χ0n) is 28.3. The molecule has 4 atom stereocenters. The lowest BCUT2D eigenvalue weighted by molar-refractivity contribution is -0.146. The Morgan fingerprint density at radius 1 is 1.06 bits per heavy atom. The topological polar surface area (TPSA) is 113 Å². The Kier molecular flexibility index (Phi) is 9.23. The van der Waals surface area contributed by atoms with Gasteiger partial charge in [-0.3, -0.25) is 14.3 Å². The van der Waals surface area contributed by atoms with Crippen molar-refractivity contribution in [1.29, 1.82) is 0 Å². The number of benzene rings is 3. The second kappa shape index (κ2) is 13.5. The lowest BCUT2D eigenvalue weighted by atomic mass is 9.82. The van der Waals surface area contributed by atoms with Gasteiger partial charge in [0.1, 0.15) is 0 Å². The Balaban J connectivity index is 1.19. The van der Waals surface area contributed by atoms with E-state index in [0.717, 1.165) is 16.8 Å². The van der Waals surface area contributed by atoms with Crippen molar-refractivity contribution < 1.29 is 23.5 Å². The van der Waals surface area contributed by atoms with E-state index in [0.29, 0.717) is 59.9 Å². The summed E-state index contributed by atoms with van der Waals surface area (Å²) >= 11 is 6.56. The van der Waals surface area contributed by atoms with Crippen LogP contribution in [0, 0.1) is 5.92 Å². The SMILES string of the molecule is C[C@@H]1[C@@H]([Si](C)(C)F)[C@H](CCn2cc(CCO)nn2)O[C@@]12C(=O)N(Cc1cccc(N3N=C(c4ccccc4)CCC3=O)c1)c1ccc(Cl)cc12. The molecule has 1 saturated heterocycles. The standard InChI is InChI=1S/C37H40ClFN6O4Si/c1-24-35(50(2,3)39)33(16-18-43-23-28(17-19-46)40-42-43)49-37(24)30-21-27(38)12-14-32(30)44(36(37)48)22-25-8-7-11-29(20-25)45-34(47)15-13-31(41-45)26-9-5-4-6-10-26/h4-12,14,20-21,23-24,33,35,46H,13,15-19,22H2,1-3H3/t24-,33+,35-,37+/m1/s1. The van der Waals surface area contributed by atoms with Crippen LogP contribution in [0.1, 0.15) is 48.6 Å². The Labute approximate surface area is 296 Å². The van der Waals surface area contributed by atoms with E-state index < -0.39 is 31.6 Å². The Bertz CT molecular complexity index is 1950. The van der Waals surface area contributed by atoms with E-state index in [4.69, 9.17) is 21.4 Å². The van der Waals surface area contributed by atoms with Crippen LogP contribution in [0.4, 0.5) is 15.5 Å². The summed E-state index contributed by atoms with van der Waals surface area (Å²) in [5, 5.41) is 24.2. The second-order valence-electron chi connectivity index (χ2n) is 13.8. The first kappa shape index (κ1) is 34.2. The number of fused-ring (bicyclic) bond motifs is 2. The first-order valence-electron chi connectivity index (χ1n) is 17.0. The highest BCUT2D eigenvalue weighted by Crippen LogP contribution is 2.60. The zero-order valence-corrected chi connectivity index (χ0v) is 30.1. The number of aliphatic hydroxyl groups excluding tert-OH is 1. The molecule has 1 N–H and O–H groups in total. The molecule has 0 radical (unpaired) electrons. The van der Waals surface area contributed by atoms with Crippen molar-refractivity contribution in [3.63, 3.8) is 0 Å². The number of hydrogen-bond acceptors (Lipinski definition) is 7. The lowest BCUT2D eigenvalue weighted by Gasteiger charge is -2.31. The highest BCUT2D eigenvalue weighted by molar-refractivity contribution is 6.72. The van der Waals surface area contributed by atoms with Gasteiger partial charge in [-0.25, -0.2) is 5.01 Å². The van der Waals surface area contributed by atoms with E-state index in [9.17, 15) is 14.7 Å². The smallest absolute Gasteiger partial charge is 0.264 e. The summed E-state index contributed by atoms with van der Waals surface area (Å²) in [4.78, 5) is 29.6. The molecule has 2 amide bonds. The number of amides is 2. The average molecular weight is 715 g/mol. The molecule has 4 aromatic rings. The van der Waals surface area contributed by atoms with Crippen molar-refractivity contribution in [3.8, 4) is 0 Å². The number of anilines is 2. The molecule has 3 aliphatic rings. The highest BCUT2D eigenvalue weighted by Gasteiger charge is 2.66. The maximum absolute atomic E-state index is 16.3. The van der Waals surface area contributed by atoms with Crippen LogP contribution in [0.5, 0.6) is 0 Å². The molecule has 1 aromatic heterocycles. The van der Waals surface area contributed by atoms with E-state index in [-0.39, 0.29) is 25.0 Å². The summed E-state index contributed by atoms with van der Waals surface area (Å²) in [5.41, 5.74) is 3.29. The first-order valence-corrected chi connectivity index (χ1v) is 20.4. The number of aliphatic hydroxyl groups is 1. The summed E-state index contributed by atoms with van der Waals surface area (Å²) in [6.07, 6.45) is 2.95. The molecule has 0 unspecified atom stereocenters. The molecule has 7 rings (SSSR count). The Hall–Kier alpha value is -4.23. The third kappa shape index (κ3) is 6.18. The van der Waals surface area contributed by atoms with Gasteiger partial charge in [-0.2, -0.15) is 5.10 Å². The molecule has 4 heterocycles. The number of hydrogen-bond donors (Lipinski definition) is 1. The monoisotopic (exact) mass is 714 g/mol. The molecule has 1 fully saturated rings. The van der Waals surface area contributed by atoms with Gasteiger partial charge in [-0.05, 0) is 61.0 Å². The summed E-state index contributed by atoms with van der Waals surface area (Å²) in [6, 6.07) is 22.7. The number of hydrazone groups is 1. The van der Waals surface area contributed by atoms with Gasteiger partial charge in [-0.1, -0.05) is 66.2 Å². The third-order valence-corrected chi connectivity index (χ3v) is 12.8. The number of aromatic nitrogens is 3. The molecule has 0 saturated carbocycles. The highest BCUT2D eigenvalue weighted by atomic mass is 35.5. The molecule has 0 bridgehead atoms. The maximum atomic E-state index is 16.3. The first-order chi connectivity index (χ1) is 24.0. The van der Waals surface area contributed by atoms with Crippen molar-refractivity contribution in [2.45, 2.75) is 76.0 Å². The third-order valence-electron chi connectivity index (χ3n) is 10.2. The minimum absolute atomic E-state index is 0.0292. The van der Waals surface area contributed by atoms with Crippen LogP contribution < -0.4 is 9.91 Å². The van der Waals surface area contributed by atoms with E-state index in [1.165, 1.54) is 5.01 Å². The summed E-state index contributed by atoms with van der Waals surface area (Å²) in [7, 11) is -3.37. The second-order valence-corrected chi connectivity index (χ2v) is 18.1. The molecular weight excluding hydrogens is 675 g/mol. The van der Waals surface area contributed by atoms with Crippen LogP contribution in [-0.2, 0) is 39.4 Å². The molecule has 3 aromatic carbocycles. The fourth-order valence-corrected chi connectivity index (χ4v) is 10.7. The van der Waals surface area contributed by atoms with Gasteiger partial charge < -0.3 is 18.9 Å². The quantitative estimate of drug-likeness (QED) is 0.150. The molecule has 50 heavy (non-hydrogen) atoms. The van der Waals surface area contributed by atoms with Crippen molar-refractivity contribution in [2.24, 2.45) is 11.0 Å². The van der Waals surface area contributed by atoms with Gasteiger partial charge in [0.2, 0.25) is 14.3 Å². The van der Waals surface area contributed by atoms with Crippen LogP contribution in [0.2, 0.25) is 23.7 Å². The van der Waals surface area contributed by atoms with E-state index in [1.807, 2.05) is 67.6 Å². The van der Waals surface area contributed by atoms with E-state index in [1.54, 1.807) is 41.0 Å². The van der Waals surface area contributed by atoms with Crippen molar-refractivity contribution in [1.82, 2.24) is 15.0 Å². The molecule has 260 valence electrons. The van der Waals surface area contributed by atoms with Gasteiger partial charge in [0, 0.05) is 60.7 Å². The molecule has 3 aliphatic heterocycles. The van der Waals surface area contributed by atoms with Crippen LogP contribution in [-0.4, -0.2) is 58.7 Å². The maximum Gasteiger partial charge on any atom is 0.264 e. The largest absolute Gasteiger partial charge is 0.396 e. The predicted molar refractivity (Wildman–Crippen MR) is 192 cm³/mol. The fourth-order valence-electron chi connectivity index (χ4n) is 7.94. The van der Waals surface area contributed by atoms with Gasteiger partial charge in [0.25, 0.3) is 5.91 Å². The number of aryl methyl sites for hydroxylation is 1. The molecular formula is C37H40ClFN6O4Si. The van der Waals surface area contributed by atoms with Gasteiger partial charge in [0.05, 0.1) is 35.4 Å².